The van der Waals surface area contributed by atoms with Gasteiger partial charge in [0.1, 0.15) is 0 Å². The van der Waals surface area contributed by atoms with Gasteiger partial charge in [-0.2, -0.15) is 0 Å². The molecule has 0 bridgehead atoms. The summed E-state index contributed by atoms with van der Waals surface area (Å²) in [6.07, 6.45) is 1.04. The van der Waals surface area contributed by atoms with Crippen molar-refractivity contribution in [2.75, 3.05) is 13.1 Å². The Bertz CT molecular complexity index is 673. The molecule has 4 nitrogen and oxygen atoms in total. The Balaban J connectivity index is 1.65. The largest absolute Gasteiger partial charge is 0.297 e. The second-order valence-electron chi connectivity index (χ2n) is 5.57. The van der Waals surface area contributed by atoms with Gasteiger partial charge in [-0.1, -0.05) is 36.4 Å². The van der Waals surface area contributed by atoms with E-state index in [1.165, 1.54) is 23.3 Å². The molecule has 0 aliphatic carbocycles. The van der Waals surface area contributed by atoms with Crippen molar-refractivity contribution < 1.29 is 4.92 Å². The van der Waals surface area contributed by atoms with Gasteiger partial charge in [0.25, 0.3) is 5.69 Å². The van der Waals surface area contributed by atoms with Crippen molar-refractivity contribution in [1.82, 2.24) is 4.90 Å². The molecule has 0 saturated carbocycles. The van der Waals surface area contributed by atoms with Crippen LogP contribution in [0.15, 0.2) is 48.5 Å². The minimum absolute atomic E-state index is 0.0968. The van der Waals surface area contributed by atoms with E-state index < -0.39 is 4.92 Å². The number of rotatable bonds is 4. The van der Waals surface area contributed by atoms with Gasteiger partial charge in [0, 0.05) is 31.8 Å². The Labute approximate surface area is 134 Å². The molecular weight excluding hydrogens is 300 g/mol. The number of alkyl halides is 1. The summed E-state index contributed by atoms with van der Waals surface area (Å²) in [5.74, 6) is 0. The highest BCUT2D eigenvalue weighted by Crippen LogP contribution is 2.26. The number of nitro benzene ring substituents is 1. The van der Waals surface area contributed by atoms with Crippen LogP contribution in [0, 0.1) is 10.1 Å². The first-order valence-corrected chi connectivity index (χ1v) is 7.74. The fourth-order valence-corrected chi connectivity index (χ4v) is 3.19. The number of hydrogen-bond donors (Lipinski definition) is 0. The molecule has 1 atom stereocenters. The topological polar surface area (TPSA) is 46.4 Å². The van der Waals surface area contributed by atoms with Gasteiger partial charge in [0.2, 0.25) is 0 Å². The van der Waals surface area contributed by atoms with Crippen LogP contribution in [-0.4, -0.2) is 22.9 Å². The zero-order valence-corrected chi connectivity index (χ0v) is 12.9. The summed E-state index contributed by atoms with van der Waals surface area (Å²) in [5.41, 5.74) is 3.80. The predicted octanol–water partition coefficient (Wildman–Crippen LogP) is 3.93. The quantitative estimate of drug-likeness (QED) is 0.488. The van der Waals surface area contributed by atoms with Crippen molar-refractivity contribution in [3.05, 3.63) is 75.3 Å². The van der Waals surface area contributed by atoms with Gasteiger partial charge in [0.05, 0.1) is 10.3 Å². The lowest BCUT2D eigenvalue weighted by Gasteiger charge is -2.30. The first-order chi connectivity index (χ1) is 10.6. The number of fused-ring (bicyclic) bond motifs is 1. The van der Waals surface area contributed by atoms with E-state index in [4.69, 9.17) is 11.6 Å². The van der Waals surface area contributed by atoms with E-state index in [1.54, 1.807) is 12.1 Å². The molecule has 2 aromatic carbocycles. The van der Waals surface area contributed by atoms with E-state index in [0.717, 1.165) is 31.6 Å². The van der Waals surface area contributed by atoms with Crippen LogP contribution in [0.2, 0.25) is 0 Å². The highest BCUT2D eigenvalue weighted by atomic mass is 35.5. The van der Waals surface area contributed by atoms with E-state index >= 15 is 0 Å². The van der Waals surface area contributed by atoms with Gasteiger partial charge < -0.3 is 0 Å². The smallest absolute Gasteiger partial charge is 0.269 e. The van der Waals surface area contributed by atoms with E-state index in [9.17, 15) is 10.1 Å². The normalized spacial score (nSPS) is 16.0. The Hall–Kier alpha value is -1.91. The lowest BCUT2D eigenvalue weighted by atomic mass is 9.99. The Morgan fingerprint density at radius 1 is 1.14 bits per heavy atom. The minimum atomic E-state index is -0.394. The summed E-state index contributed by atoms with van der Waals surface area (Å²) in [6.45, 7) is 2.65. The summed E-state index contributed by atoms with van der Waals surface area (Å²) in [6, 6.07) is 15.0. The molecule has 1 aliphatic rings. The van der Waals surface area contributed by atoms with Crippen LogP contribution in [0.25, 0.3) is 0 Å². The Morgan fingerprint density at radius 2 is 1.82 bits per heavy atom. The van der Waals surface area contributed by atoms with Gasteiger partial charge in [-0.15, -0.1) is 11.6 Å². The maximum atomic E-state index is 10.7. The number of nitrogens with zero attached hydrogens (tertiary/aromatic N) is 2. The minimum Gasteiger partial charge on any atom is -0.297 e. The van der Waals surface area contributed by atoms with Crippen molar-refractivity contribution in [2.45, 2.75) is 18.3 Å². The van der Waals surface area contributed by atoms with E-state index in [2.05, 4.69) is 29.2 Å². The van der Waals surface area contributed by atoms with Crippen LogP contribution in [0.1, 0.15) is 22.1 Å². The second kappa shape index (κ2) is 6.46. The molecule has 22 heavy (non-hydrogen) atoms. The first-order valence-electron chi connectivity index (χ1n) is 7.31. The summed E-state index contributed by atoms with van der Waals surface area (Å²) < 4.78 is 0. The molecule has 0 radical (unpaired) electrons. The summed E-state index contributed by atoms with van der Waals surface area (Å²) in [7, 11) is 0. The highest BCUT2D eigenvalue weighted by molar-refractivity contribution is 6.21. The number of halogens is 1. The third kappa shape index (κ3) is 3.29. The van der Waals surface area contributed by atoms with Crippen LogP contribution in [0.4, 0.5) is 5.69 Å². The predicted molar refractivity (Wildman–Crippen MR) is 87.1 cm³/mol. The number of nitro groups is 1. The fourth-order valence-electron chi connectivity index (χ4n) is 2.85. The highest BCUT2D eigenvalue weighted by Gasteiger charge is 2.19. The van der Waals surface area contributed by atoms with Crippen molar-refractivity contribution >= 4 is 17.3 Å². The molecule has 2 aromatic rings. The molecule has 0 aromatic heterocycles. The van der Waals surface area contributed by atoms with Gasteiger partial charge in [-0.25, -0.2) is 0 Å². The van der Waals surface area contributed by atoms with Crippen LogP contribution >= 0.6 is 11.6 Å². The first kappa shape index (κ1) is 15.0. The van der Waals surface area contributed by atoms with Gasteiger partial charge in [-0.3, -0.25) is 15.0 Å². The zero-order valence-electron chi connectivity index (χ0n) is 12.1. The molecule has 3 rings (SSSR count). The van der Waals surface area contributed by atoms with Crippen LogP contribution in [-0.2, 0) is 13.0 Å². The number of hydrogen-bond acceptors (Lipinski definition) is 3. The monoisotopic (exact) mass is 316 g/mol. The van der Waals surface area contributed by atoms with Gasteiger partial charge in [0.15, 0.2) is 0 Å². The second-order valence-corrected chi connectivity index (χ2v) is 6.10. The average Bonchev–Trinajstić information content (AvgIpc) is 2.55. The lowest BCUT2D eigenvalue weighted by molar-refractivity contribution is -0.384. The fraction of sp³-hybridized carbons (Fsp3) is 0.294. The van der Waals surface area contributed by atoms with Crippen molar-refractivity contribution in [3.8, 4) is 0 Å². The van der Waals surface area contributed by atoms with Crippen LogP contribution < -0.4 is 0 Å². The van der Waals surface area contributed by atoms with E-state index in [1.807, 2.05) is 0 Å². The van der Waals surface area contributed by atoms with Gasteiger partial charge in [-0.05, 0) is 23.1 Å². The van der Waals surface area contributed by atoms with Crippen LogP contribution in [0.3, 0.4) is 0 Å². The summed E-state index contributed by atoms with van der Waals surface area (Å²) >= 11 is 6.49. The van der Waals surface area contributed by atoms with Crippen molar-refractivity contribution in [3.63, 3.8) is 0 Å². The number of non-ortho nitro benzene ring substituents is 1. The average molecular weight is 317 g/mol. The van der Waals surface area contributed by atoms with E-state index in [0.29, 0.717) is 0 Å². The zero-order chi connectivity index (χ0) is 15.5. The molecule has 0 N–H and O–H groups in total. The van der Waals surface area contributed by atoms with Crippen LogP contribution in [0.5, 0.6) is 0 Å². The summed E-state index contributed by atoms with van der Waals surface area (Å²) in [4.78, 5) is 12.6. The molecular formula is C17H17ClN2O2. The molecule has 5 heteroatoms. The third-order valence-corrected chi connectivity index (χ3v) is 4.48. The molecule has 0 spiro atoms. The lowest BCUT2D eigenvalue weighted by Crippen LogP contribution is -2.32. The number of benzene rings is 2. The third-order valence-electron chi connectivity index (χ3n) is 4.09. The Morgan fingerprint density at radius 3 is 2.50 bits per heavy atom. The molecule has 1 aliphatic heterocycles. The van der Waals surface area contributed by atoms with Crippen molar-refractivity contribution in [2.24, 2.45) is 0 Å². The molecule has 0 amide bonds. The molecule has 114 valence electrons. The standard InChI is InChI=1S/C17H17ClN2O2/c18-17(14-5-7-16(8-6-14)20(21)22)12-19-10-9-13-3-1-2-4-15(13)11-19/h1-8,17H,9-12H2. The summed E-state index contributed by atoms with van der Waals surface area (Å²) in [5, 5.41) is 10.5. The van der Waals surface area contributed by atoms with Gasteiger partial charge >= 0.3 is 0 Å². The SMILES string of the molecule is O=[N+]([O-])c1ccc(C(Cl)CN2CCc3ccccc3C2)cc1. The molecule has 1 unspecified atom stereocenters. The maximum absolute atomic E-state index is 10.7. The molecule has 0 saturated heterocycles. The van der Waals surface area contributed by atoms with Crippen molar-refractivity contribution in [1.29, 1.82) is 0 Å². The Kier molecular flexibility index (Phi) is 4.41. The molecule has 1 heterocycles. The van der Waals surface area contributed by atoms with E-state index in [-0.39, 0.29) is 11.1 Å². The maximum Gasteiger partial charge on any atom is 0.269 e. The molecule has 0 fully saturated rings.